The fourth-order valence-corrected chi connectivity index (χ4v) is 2.57. The van der Waals surface area contributed by atoms with Gasteiger partial charge >= 0.3 is 0 Å². The first-order valence-electron chi connectivity index (χ1n) is 7.39. The molecule has 1 heterocycles. The highest BCUT2D eigenvalue weighted by atomic mass is 16.5. The van der Waals surface area contributed by atoms with Crippen molar-refractivity contribution in [3.05, 3.63) is 64.7 Å². The number of aryl methyl sites for hydroxylation is 1. The first-order chi connectivity index (χ1) is 10.7. The highest BCUT2D eigenvalue weighted by Gasteiger charge is 2.12. The maximum atomic E-state index is 13.0. The number of hydrogen-bond acceptors (Lipinski definition) is 3. The molecule has 0 bridgehead atoms. The van der Waals surface area contributed by atoms with Crippen molar-refractivity contribution in [2.75, 3.05) is 7.11 Å². The van der Waals surface area contributed by atoms with Crippen LogP contribution in [0.15, 0.2) is 53.3 Å². The van der Waals surface area contributed by atoms with Crippen LogP contribution in [0.2, 0.25) is 0 Å². The van der Waals surface area contributed by atoms with Crippen LogP contribution in [0, 0.1) is 0 Å². The molecule has 4 heteroatoms. The van der Waals surface area contributed by atoms with E-state index in [0.717, 1.165) is 24.4 Å². The van der Waals surface area contributed by atoms with Crippen molar-refractivity contribution >= 4 is 10.9 Å². The van der Waals surface area contributed by atoms with Gasteiger partial charge in [0.15, 0.2) is 0 Å². The van der Waals surface area contributed by atoms with Crippen LogP contribution in [0.4, 0.5) is 0 Å². The van der Waals surface area contributed by atoms with E-state index in [0.29, 0.717) is 16.7 Å². The molecule has 22 heavy (non-hydrogen) atoms. The minimum Gasteiger partial charge on any atom is -0.497 e. The number of aromatic nitrogens is 2. The van der Waals surface area contributed by atoms with E-state index in [1.54, 1.807) is 17.7 Å². The van der Waals surface area contributed by atoms with Crippen LogP contribution in [-0.4, -0.2) is 16.7 Å². The first kappa shape index (κ1) is 14.3. The smallest absolute Gasteiger partial charge is 0.266 e. The van der Waals surface area contributed by atoms with E-state index >= 15 is 0 Å². The van der Waals surface area contributed by atoms with Gasteiger partial charge in [-0.15, -0.1) is 0 Å². The predicted molar refractivity (Wildman–Crippen MR) is 87.9 cm³/mol. The Morgan fingerprint density at radius 1 is 1.14 bits per heavy atom. The maximum Gasteiger partial charge on any atom is 0.266 e. The molecular formula is C18H18N2O2. The Kier molecular flexibility index (Phi) is 3.92. The molecule has 112 valence electrons. The van der Waals surface area contributed by atoms with Crippen LogP contribution in [0.3, 0.4) is 0 Å². The van der Waals surface area contributed by atoms with E-state index < -0.39 is 0 Å². The molecule has 0 saturated heterocycles. The Morgan fingerprint density at radius 2 is 1.91 bits per heavy atom. The van der Waals surface area contributed by atoms with E-state index in [9.17, 15) is 4.79 Å². The molecule has 0 spiro atoms. The molecule has 0 saturated carbocycles. The number of methoxy groups -OCH3 is 1. The van der Waals surface area contributed by atoms with Gasteiger partial charge in [0.2, 0.25) is 0 Å². The highest BCUT2D eigenvalue weighted by Crippen LogP contribution is 2.19. The predicted octanol–water partition coefficient (Wildman–Crippen LogP) is 3.35. The molecule has 0 N–H and O–H groups in total. The van der Waals surface area contributed by atoms with E-state index in [1.165, 1.54) is 0 Å². The maximum absolute atomic E-state index is 13.0. The summed E-state index contributed by atoms with van der Waals surface area (Å²) in [5, 5.41) is 0.572. The Balaban J connectivity index is 2.34. The van der Waals surface area contributed by atoms with Gasteiger partial charge in [-0.1, -0.05) is 25.1 Å². The van der Waals surface area contributed by atoms with Crippen molar-refractivity contribution in [3.63, 3.8) is 0 Å². The van der Waals surface area contributed by atoms with Crippen molar-refractivity contribution in [1.82, 2.24) is 9.55 Å². The van der Waals surface area contributed by atoms with Gasteiger partial charge in [0.1, 0.15) is 11.6 Å². The Hall–Kier alpha value is -2.62. The van der Waals surface area contributed by atoms with Crippen molar-refractivity contribution in [2.24, 2.45) is 0 Å². The molecule has 0 unspecified atom stereocenters. The molecule has 0 aliphatic rings. The molecule has 2 aromatic carbocycles. The summed E-state index contributed by atoms with van der Waals surface area (Å²) in [6.45, 7) is 2.08. The second kappa shape index (κ2) is 6.02. The van der Waals surface area contributed by atoms with E-state index in [4.69, 9.17) is 4.74 Å². The molecule has 0 aliphatic heterocycles. The van der Waals surface area contributed by atoms with Crippen LogP contribution >= 0.6 is 0 Å². The lowest BCUT2D eigenvalue weighted by Gasteiger charge is -2.13. The topological polar surface area (TPSA) is 44.1 Å². The quantitative estimate of drug-likeness (QED) is 0.741. The lowest BCUT2D eigenvalue weighted by Crippen LogP contribution is -2.23. The molecule has 0 atom stereocenters. The zero-order chi connectivity index (χ0) is 15.5. The van der Waals surface area contributed by atoms with Crippen LogP contribution in [0.25, 0.3) is 16.6 Å². The van der Waals surface area contributed by atoms with Gasteiger partial charge < -0.3 is 4.74 Å². The molecular weight excluding hydrogens is 276 g/mol. The summed E-state index contributed by atoms with van der Waals surface area (Å²) < 4.78 is 6.92. The standard InChI is InChI=1S/C18H18N2O2/c1-3-7-17-19-16-11-10-14(22-2)12-15(16)18(21)20(17)13-8-5-4-6-9-13/h4-6,8-12H,3,7H2,1-2H3. The summed E-state index contributed by atoms with van der Waals surface area (Å²) in [6.07, 6.45) is 1.69. The van der Waals surface area contributed by atoms with E-state index in [-0.39, 0.29) is 5.56 Å². The van der Waals surface area contributed by atoms with Gasteiger partial charge in [0.25, 0.3) is 5.56 Å². The third-order valence-electron chi connectivity index (χ3n) is 3.63. The van der Waals surface area contributed by atoms with E-state index in [2.05, 4.69) is 11.9 Å². The van der Waals surface area contributed by atoms with Crippen LogP contribution in [0.5, 0.6) is 5.75 Å². The van der Waals surface area contributed by atoms with E-state index in [1.807, 2.05) is 42.5 Å². The number of ether oxygens (including phenoxy) is 1. The number of fused-ring (bicyclic) bond motifs is 1. The summed E-state index contributed by atoms with van der Waals surface area (Å²) in [6, 6.07) is 15.1. The van der Waals surface area contributed by atoms with Crippen molar-refractivity contribution in [2.45, 2.75) is 19.8 Å². The van der Waals surface area contributed by atoms with Gasteiger partial charge in [-0.3, -0.25) is 9.36 Å². The molecule has 0 aliphatic carbocycles. The minimum atomic E-state index is -0.0569. The third-order valence-corrected chi connectivity index (χ3v) is 3.63. The summed E-state index contributed by atoms with van der Waals surface area (Å²) in [4.78, 5) is 17.6. The van der Waals surface area contributed by atoms with Gasteiger partial charge in [-0.25, -0.2) is 4.98 Å². The third kappa shape index (κ3) is 2.48. The van der Waals surface area contributed by atoms with Crippen molar-refractivity contribution in [3.8, 4) is 11.4 Å². The molecule has 3 aromatic rings. The van der Waals surface area contributed by atoms with Crippen LogP contribution in [-0.2, 0) is 6.42 Å². The second-order valence-corrected chi connectivity index (χ2v) is 5.14. The SMILES string of the molecule is CCCc1nc2ccc(OC)cc2c(=O)n1-c1ccccc1. The molecule has 0 radical (unpaired) electrons. The van der Waals surface area contributed by atoms with Gasteiger partial charge in [-0.2, -0.15) is 0 Å². The van der Waals surface area contributed by atoms with Gasteiger partial charge in [0.05, 0.1) is 23.7 Å². The average molecular weight is 294 g/mol. The number of rotatable bonds is 4. The molecule has 0 fully saturated rings. The van der Waals surface area contributed by atoms with Crippen molar-refractivity contribution in [1.29, 1.82) is 0 Å². The zero-order valence-electron chi connectivity index (χ0n) is 12.7. The minimum absolute atomic E-state index is 0.0569. The normalized spacial score (nSPS) is 10.8. The number of hydrogen-bond donors (Lipinski definition) is 0. The Bertz CT molecular complexity index is 854. The first-order valence-corrected chi connectivity index (χ1v) is 7.39. The Labute approximate surface area is 129 Å². The van der Waals surface area contributed by atoms with Crippen LogP contribution in [0.1, 0.15) is 19.2 Å². The van der Waals surface area contributed by atoms with Gasteiger partial charge in [0, 0.05) is 6.42 Å². The lowest BCUT2D eigenvalue weighted by molar-refractivity contribution is 0.415. The molecule has 3 rings (SSSR count). The largest absolute Gasteiger partial charge is 0.497 e. The monoisotopic (exact) mass is 294 g/mol. The van der Waals surface area contributed by atoms with Crippen LogP contribution < -0.4 is 10.3 Å². The highest BCUT2D eigenvalue weighted by molar-refractivity contribution is 5.79. The molecule has 4 nitrogen and oxygen atoms in total. The second-order valence-electron chi connectivity index (χ2n) is 5.14. The number of benzene rings is 2. The summed E-state index contributed by atoms with van der Waals surface area (Å²) in [5.41, 5.74) is 1.49. The average Bonchev–Trinajstić information content (AvgIpc) is 2.56. The van der Waals surface area contributed by atoms with Crippen molar-refractivity contribution < 1.29 is 4.74 Å². The molecule has 0 amide bonds. The zero-order valence-corrected chi connectivity index (χ0v) is 12.7. The Morgan fingerprint density at radius 3 is 2.59 bits per heavy atom. The number of nitrogens with zero attached hydrogens (tertiary/aromatic N) is 2. The fraction of sp³-hybridized carbons (Fsp3) is 0.222. The fourth-order valence-electron chi connectivity index (χ4n) is 2.57. The summed E-state index contributed by atoms with van der Waals surface area (Å²) in [5.74, 6) is 1.45. The molecule has 1 aromatic heterocycles. The summed E-state index contributed by atoms with van der Waals surface area (Å²) >= 11 is 0. The van der Waals surface area contributed by atoms with Gasteiger partial charge in [-0.05, 0) is 36.8 Å². The number of para-hydroxylation sites is 1. The summed E-state index contributed by atoms with van der Waals surface area (Å²) in [7, 11) is 1.59. The lowest BCUT2D eigenvalue weighted by atomic mass is 10.2.